The number of hydrogen-bond acceptors (Lipinski definition) is 4. The molecule has 110 valence electrons. The Hall–Kier alpha value is -1.63. The Bertz CT molecular complexity index is 331. The molecule has 2 N–H and O–H groups in total. The van der Waals surface area contributed by atoms with Gasteiger partial charge in [-0.15, -0.1) is 0 Å². The molecule has 0 spiro atoms. The Morgan fingerprint density at radius 2 is 1.74 bits per heavy atom. The highest BCUT2D eigenvalue weighted by atomic mass is 16.4. The minimum absolute atomic E-state index is 0.00553. The molecule has 0 aromatic carbocycles. The molecular formula is C12H23N3O4. The van der Waals surface area contributed by atoms with Crippen molar-refractivity contribution in [3.63, 3.8) is 0 Å². The molecule has 0 aromatic heterocycles. The normalized spacial score (nSPS) is 10.6. The number of nitrogens with one attached hydrogen (secondary N) is 1. The van der Waals surface area contributed by atoms with Crippen molar-refractivity contribution in [1.29, 1.82) is 0 Å². The predicted octanol–water partition coefficient (Wildman–Crippen LogP) is -0.624. The standard InChI is InChI=1S/C12H23N3O4/c1-5-15(6-10(16)13-9(2)3)11(17)7-14(4)8-12(18)19/h9H,5-8H2,1-4H3,(H,13,16)(H,18,19). The van der Waals surface area contributed by atoms with Gasteiger partial charge in [0.05, 0.1) is 19.6 Å². The number of likely N-dealkylation sites (N-methyl/N-ethyl adjacent to an activating group) is 2. The number of carbonyl (C=O) groups is 3. The molecule has 19 heavy (non-hydrogen) atoms. The summed E-state index contributed by atoms with van der Waals surface area (Å²) < 4.78 is 0. The molecule has 0 bridgehead atoms. The number of carboxylic acids is 1. The van der Waals surface area contributed by atoms with Gasteiger partial charge in [-0.2, -0.15) is 0 Å². The maximum Gasteiger partial charge on any atom is 0.317 e. The molecular weight excluding hydrogens is 250 g/mol. The SMILES string of the molecule is CCN(CC(=O)NC(C)C)C(=O)CN(C)CC(=O)O. The number of aliphatic carboxylic acids is 1. The molecule has 0 aliphatic heterocycles. The van der Waals surface area contributed by atoms with Gasteiger partial charge in [0, 0.05) is 12.6 Å². The fourth-order valence-corrected chi connectivity index (χ4v) is 1.54. The van der Waals surface area contributed by atoms with E-state index in [1.165, 1.54) is 9.80 Å². The number of amides is 2. The summed E-state index contributed by atoms with van der Waals surface area (Å²) in [5.74, 6) is -1.47. The third-order valence-electron chi connectivity index (χ3n) is 2.33. The molecule has 0 heterocycles. The summed E-state index contributed by atoms with van der Waals surface area (Å²) in [7, 11) is 1.55. The lowest BCUT2D eigenvalue weighted by Gasteiger charge is -2.23. The van der Waals surface area contributed by atoms with Crippen molar-refractivity contribution < 1.29 is 19.5 Å². The van der Waals surface area contributed by atoms with Gasteiger partial charge >= 0.3 is 5.97 Å². The van der Waals surface area contributed by atoms with Crippen LogP contribution in [0, 0.1) is 0 Å². The zero-order valence-electron chi connectivity index (χ0n) is 12.0. The monoisotopic (exact) mass is 273 g/mol. The summed E-state index contributed by atoms with van der Waals surface area (Å²) in [6.07, 6.45) is 0. The van der Waals surface area contributed by atoms with Crippen molar-refractivity contribution in [2.45, 2.75) is 26.8 Å². The first-order chi connectivity index (χ1) is 8.76. The first-order valence-corrected chi connectivity index (χ1v) is 6.23. The summed E-state index contributed by atoms with van der Waals surface area (Å²) in [6, 6.07) is 0.0241. The van der Waals surface area contributed by atoms with Gasteiger partial charge in [0.15, 0.2) is 0 Å². The summed E-state index contributed by atoms with van der Waals surface area (Å²) >= 11 is 0. The lowest BCUT2D eigenvalue weighted by molar-refractivity contribution is -0.140. The van der Waals surface area contributed by atoms with E-state index in [1.54, 1.807) is 14.0 Å². The average Bonchev–Trinajstić information content (AvgIpc) is 2.23. The average molecular weight is 273 g/mol. The van der Waals surface area contributed by atoms with Gasteiger partial charge in [0.1, 0.15) is 0 Å². The van der Waals surface area contributed by atoms with Crippen molar-refractivity contribution in [3.8, 4) is 0 Å². The van der Waals surface area contributed by atoms with Gasteiger partial charge in [-0.3, -0.25) is 19.3 Å². The maximum absolute atomic E-state index is 11.9. The second kappa shape index (κ2) is 8.47. The Morgan fingerprint density at radius 1 is 1.16 bits per heavy atom. The summed E-state index contributed by atoms with van der Waals surface area (Å²) in [5, 5.41) is 11.3. The van der Waals surface area contributed by atoms with Gasteiger partial charge in [-0.25, -0.2) is 0 Å². The molecule has 0 fully saturated rings. The van der Waals surface area contributed by atoms with Gasteiger partial charge in [-0.05, 0) is 27.8 Å². The van der Waals surface area contributed by atoms with Crippen molar-refractivity contribution in [2.24, 2.45) is 0 Å². The largest absolute Gasteiger partial charge is 0.480 e. The zero-order chi connectivity index (χ0) is 15.0. The molecule has 0 rings (SSSR count). The van der Waals surface area contributed by atoms with E-state index in [1.807, 2.05) is 13.8 Å². The van der Waals surface area contributed by atoms with Crippen LogP contribution >= 0.6 is 0 Å². The lowest BCUT2D eigenvalue weighted by Crippen LogP contribution is -2.46. The molecule has 0 aliphatic rings. The highest BCUT2D eigenvalue weighted by molar-refractivity contribution is 5.86. The van der Waals surface area contributed by atoms with Crippen LogP contribution in [0.5, 0.6) is 0 Å². The molecule has 0 saturated carbocycles. The van der Waals surface area contributed by atoms with E-state index < -0.39 is 5.97 Å². The Kier molecular flexibility index (Phi) is 7.74. The smallest absolute Gasteiger partial charge is 0.317 e. The molecule has 0 radical (unpaired) electrons. The van der Waals surface area contributed by atoms with Crippen LogP contribution in [0.3, 0.4) is 0 Å². The van der Waals surface area contributed by atoms with Crippen LogP contribution in [0.1, 0.15) is 20.8 Å². The van der Waals surface area contributed by atoms with E-state index in [-0.39, 0.29) is 37.5 Å². The lowest BCUT2D eigenvalue weighted by atomic mass is 10.3. The summed E-state index contributed by atoms with van der Waals surface area (Å²) in [6.45, 7) is 5.64. The van der Waals surface area contributed by atoms with Crippen molar-refractivity contribution in [1.82, 2.24) is 15.1 Å². The second-order valence-electron chi connectivity index (χ2n) is 4.70. The number of rotatable bonds is 8. The van der Waals surface area contributed by atoms with Gasteiger partial charge < -0.3 is 15.3 Å². The minimum Gasteiger partial charge on any atom is -0.480 e. The Labute approximate surface area is 113 Å². The van der Waals surface area contributed by atoms with Crippen LogP contribution in [0.4, 0.5) is 0 Å². The topological polar surface area (TPSA) is 90.0 Å². The number of hydrogen-bond donors (Lipinski definition) is 2. The maximum atomic E-state index is 11.9. The van der Waals surface area contributed by atoms with E-state index in [2.05, 4.69) is 5.32 Å². The third-order valence-corrected chi connectivity index (χ3v) is 2.33. The molecule has 0 saturated heterocycles. The van der Waals surface area contributed by atoms with Crippen LogP contribution in [-0.4, -0.2) is 72.0 Å². The Morgan fingerprint density at radius 3 is 2.16 bits per heavy atom. The number of carbonyl (C=O) groups excluding carboxylic acids is 2. The number of carboxylic acid groups (broad SMARTS) is 1. The van der Waals surface area contributed by atoms with E-state index in [4.69, 9.17) is 5.11 Å². The van der Waals surface area contributed by atoms with Gasteiger partial charge in [0.25, 0.3) is 0 Å². The van der Waals surface area contributed by atoms with Gasteiger partial charge in [0.2, 0.25) is 11.8 Å². The first kappa shape index (κ1) is 17.4. The van der Waals surface area contributed by atoms with E-state index in [9.17, 15) is 14.4 Å². The first-order valence-electron chi connectivity index (χ1n) is 6.23. The van der Waals surface area contributed by atoms with E-state index in [0.29, 0.717) is 6.54 Å². The third kappa shape index (κ3) is 8.15. The molecule has 0 unspecified atom stereocenters. The van der Waals surface area contributed by atoms with Crippen LogP contribution in [0.2, 0.25) is 0 Å². The predicted molar refractivity (Wildman–Crippen MR) is 70.7 cm³/mol. The summed E-state index contributed by atoms with van der Waals surface area (Å²) in [5.41, 5.74) is 0. The fourth-order valence-electron chi connectivity index (χ4n) is 1.54. The Balaban J connectivity index is 4.31. The van der Waals surface area contributed by atoms with Crippen molar-refractivity contribution >= 4 is 17.8 Å². The number of nitrogens with zero attached hydrogens (tertiary/aromatic N) is 2. The molecule has 0 aromatic rings. The molecule has 0 aliphatic carbocycles. The quantitative estimate of drug-likeness (QED) is 0.615. The highest BCUT2D eigenvalue weighted by Crippen LogP contribution is 1.93. The zero-order valence-corrected chi connectivity index (χ0v) is 12.0. The molecule has 2 amide bonds. The minimum atomic E-state index is -0.990. The van der Waals surface area contributed by atoms with Gasteiger partial charge in [-0.1, -0.05) is 0 Å². The molecule has 7 heteroatoms. The second-order valence-corrected chi connectivity index (χ2v) is 4.70. The summed E-state index contributed by atoms with van der Waals surface area (Å²) in [4.78, 5) is 36.8. The molecule has 7 nitrogen and oxygen atoms in total. The highest BCUT2D eigenvalue weighted by Gasteiger charge is 2.18. The van der Waals surface area contributed by atoms with E-state index in [0.717, 1.165) is 0 Å². The van der Waals surface area contributed by atoms with Crippen LogP contribution in [-0.2, 0) is 14.4 Å². The van der Waals surface area contributed by atoms with Crippen LogP contribution in [0.15, 0.2) is 0 Å². The van der Waals surface area contributed by atoms with Crippen molar-refractivity contribution in [3.05, 3.63) is 0 Å². The van der Waals surface area contributed by atoms with E-state index >= 15 is 0 Å². The fraction of sp³-hybridized carbons (Fsp3) is 0.750. The van der Waals surface area contributed by atoms with Crippen LogP contribution < -0.4 is 5.32 Å². The molecule has 0 atom stereocenters. The van der Waals surface area contributed by atoms with Crippen molar-refractivity contribution in [2.75, 3.05) is 33.2 Å². The van der Waals surface area contributed by atoms with Crippen LogP contribution in [0.25, 0.3) is 0 Å².